The Bertz CT molecular complexity index is 596. The highest BCUT2D eigenvalue weighted by molar-refractivity contribution is 6.31. The average Bonchev–Trinajstić information content (AvgIpc) is 2.54. The Morgan fingerprint density at radius 2 is 1.96 bits per heavy atom. The van der Waals surface area contributed by atoms with Gasteiger partial charge < -0.3 is 10.2 Å². The van der Waals surface area contributed by atoms with Crippen LogP contribution in [0.5, 0.6) is 0 Å². The summed E-state index contributed by atoms with van der Waals surface area (Å²) in [6.45, 7) is 3.42. The molecule has 0 spiro atoms. The lowest BCUT2D eigenvalue weighted by molar-refractivity contribution is -0.137. The van der Waals surface area contributed by atoms with Crippen molar-refractivity contribution in [3.63, 3.8) is 0 Å². The molecule has 1 saturated heterocycles. The molecule has 1 fully saturated rings. The number of hydrogen-bond acceptors (Lipinski definition) is 2. The molecule has 0 bridgehead atoms. The summed E-state index contributed by atoms with van der Waals surface area (Å²) in [5.74, 6) is -0.324. The van der Waals surface area contributed by atoms with Gasteiger partial charge in [0.05, 0.1) is 10.6 Å². The molecular weight excluding hydrogens is 341 g/mol. The average molecular weight is 361 g/mol. The Morgan fingerprint density at radius 1 is 1.25 bits per heavy atom. The van der Waals surface area contributed by atoms with Crippen molar-refractivity contribution in [1.29, 1.82) is 0 Å². The Hall–Kier alpha value is -1.53. The summed E-state index contributed by atoms with van der Waals surface area (Å²) in [5, 5.41) is 2.38. The molecule has 0 saturated carbocycles. The molecule has 24 heavy (non-hydrogen) atoms. The standard InChI is InChI=1S/C17H20ClF3N2O/c18-15-6-4-13(12-14(15)17(19,20)21)5-7-16(24)22-8-11-23-9-2-1-3-10-23/h4-7,12H,1-3,8-11H2,(H,22,24)/b7-5+. The molecule has 0 aromatic heterocycles. The van der Waals surface area contributed by atoms with Gasteiger partial charge in [0.25, 0.3) is 0 Å². The topological polar surface area (TPSA) is 32.3 Å². The van der Waals surface area contributed by atoms with E-state index < -0.39 is 11.7 Å². The summed E-state index contributed by atoms with van der Waals surface area (Å²) in [6, 6.07) is 3.55. The summed E-state index contributed by atoms with van der Waals surface area (Å²) in [4.78, 5) is 14.0. The summed E-state index contributed by atoms with van der Waals surface area (Å²) < 4.78 is 38.3. The van der Waals surface area contributed by atoms with E-state index in [-0.39, 0.29) is 16.5 Å². The number of alkyl halides is 3. The number of likely N-dealkylation sites (tertiary alicyclic amines) is 1. The number of rotatable bonds is 5. The minimum absolute atomic E-state index is 0.276. The van der Waals surface area contributed by atoms with Gasteiger partial charge in [-0.2, -0.15) is 13.2 Å². The van der Waals surface area contributed by atoms with Crippen molar-refractivity contribution in [3.05, 3.63) is 40.4 Å². The number of carbonyl (C=O) groups is 1. The van der Waals surface area contributed by atoms with E-state index in [1.807, 2.05) is 0 Å². The Morgan fingerprint density at radius 3 is 2.62 bits per heavy atom. The molecule has 3 nitrogen and oxygen atoms in total. The molecule has 0 aliphatic carbocycles. The van der Waals surface area contributed by atoms with Crippen LogP contribution in [-0.4, -0.2) is 37.0 Å². The van der Waals surface area contributed by atoms with Gasteiger partial charge in [0, 0.05) is 19.2 Å². The second-order valence-corrected chi connectivity index (χ2v) is 6.17. The number of nitrogens with one attached hydrogen (secondary N) is 1. The maximum absolute atomic E-state index is 12.8. The van der Waals surface area contributed by atoms with E-state index in [0.717, 1.165) is 25.7 Å². The molecule has 132 valence electrons. The van der Waals surface area contributed by atoms with E-state index >= 15 is 0 Å². The largest absolute Gasteiger partial charge is 0.417 e. The molecule has 1 aromatic rings. The second-order valence-electron chi connectivity index (χ2n) is 5.76. The van der Waals surface area contributed by atoms with Gasteiger partial charge in [0.1, 0.15) is 0 Å². The van der Waals surface area contributed by atoms with Crippen LogP contribution in [0.15, 0.2) is 24.3 Å². The first-order chi connectivity index (χ1) is 11.4. The predicted molar refractivity (Wildman–Crippen MR) is 88.8 cm³/mol. The van der Waals surface area contributed by atoms with Crippen LogP contribution in [0.1, 0.15) is 30.4 Å². The fourth-order valence-corrected chi connectivity index (χ4v) is 2.84. The first kappa shape index (κ1) is 18.8. The summed E-state index contributed by atoms with van der Waals surface area (Å²) in [5.41, 5.74) is -0.630. The third-order valence-corrected chi connectivity index (χ3v) is 4.23. The van der Waals surface area contributed by atoms with Crippen molar-refractivity contribution in [1.82, 2.24) is 10.2 Å². The van der Waals surface area contributed by atoms with Crippen LogP contribution >= 0.6 is 11.6 Å². The predicted octanol–water partition coefficient (Wildman–Crippen LogP) is 3.97. The van der Waals surface area contributed by atoms with Crippen LogP contribution in [-0.2, 0) is 11.0 Å². The molecule has 1 amide bonds. The highest BCUT2D eigenvalue weighted by Gasteiger charge is 2.33. The van der Waals surface area contributed by atoms with Gasteiger partial charge in [-0.05, 0) is 49.7 Å². The minimum atomic E-state index is -4.52. The molecule has 2 rings (SSSR count). The SMILES string of the molecule is O=C(/C=C/c1ccc(Cl)c(C(F)(F)F)c1)NCCN1CCCCC1. The number of hydrogen-bond donors (Lipinski definition) is 1. The maximum Gasteiger partial charge on any atom is 0.417 e. The lowest BCUT2D eigenvalue weighted by Crippen LogP contribution is -2.37. The molecule has 1 aliphatic heterocycles. The second kappa shape index (κ2) is 8.53. The maximum atomic E-state index is 12.8. The number of nitrogens with zero attached hydrogens (tertiary/aromatic N) is 1. The smallest absolute Gasteiger partial charge is 0.351 e. The van der Waals surface area contributed by atoms with Crippen molar-refractivity contribution in [2.75, 3.05) is 26.2 Å². The molecule has 0 unspecified atom stereocenters. The molecule has 1 aromatic carbocycles. The summed E-state index contributed by atoms with van der Waals surface area (Å²) >= 11 is 5.56. The minimum Gasteiger partial charge on any atom is -0.351 e. The third kappa shape index (κ3) is 5.83. The van der Waals surface area contributed by atoms with Crippen molar-refractivity contribution in [2.24, 2.45) is 0 Å². The van der Waals surface area contributed by atoms with Crippen molar-refractivity contribution >= 4 is 23.6 Å². The zero-order chi connectivity index (χ0) is 17.6. The summed E-state index contributed by atoms with van der Waals surface area (Å²) in [6.07, 6.45) is 1.70. The lowest BCUT2D eigenvalue weighted by atomic mass is 10.1. The quantitative estimate of drug-likeness (QED) is 0.806. The zero-order valence-corrected chi connectivity index (χ0v) is 14.0. The van der Waals surface area contributed by atoms with Gasteiger partial charge in [-0.15, -0.1) is 0 Å². The fraction of sp³-hybridized carbons (Fsp3) is 0.471. The van der Waals surface area contributed by atoms with Gasteiger partial charge in [-0.1, -0.05) is 24.1 Å². The lowest BCUT2D eigenvalue weighted by Gasteiger charge is -2.26. The molecule has 7 heteroatoms. The molecule has 0 atom stereocenters. The van der Waals surface area contributed by atoms with Gasteiger partial charge in [0.15, 0.2) is 0 Å². The highest BCUT2D eigenvalue weighted by atomic mass is 35.5. The Labute approximate surface area is 144 Å². The number of amides is 1. The van der Waals surface area contributed by atoms with Crippen LogP contribution in [0.2, 0.25) is 5.02 Å². The first-order valence-electron chi connectivity index (χ1n) is 7.91. The van der Waals surface area contributed by atoms with E-state index in [9.17, 15) is 18.0 Å². The number of halogens is 4. The molecule has 1 N–H and O–H groups in total. The van der Waals surface area contributed by atoms with Gasteiger partial charge in [-0.3, -0.25) is 4.79 Å². The van der Waals surface area contributed by atoms with Gasteiger partial charge in [0.2, 0.25) is 5.91 Å². The first-order valence-corrected chi connectivity index (χ1v) is 8.29. The van der Waals surface area contributed by atoms with Crippen molar-refractivity contribution < 1.29 is 18.0 Å². The van der Waals surface area contributed by atoms with Crippen LogP contribution in [0.4, 0.5) is 13.2 Å². The van der Waals surface area contributed by atoms with E-state index in [1.54, 1.807) is 0 Å². The Balaban J connectivity index is 1.85. The van der Waals surface area contributed by atoms with E-state index in [1.165, 1.54) is 43.5 Å². The highest BCUT2D eigenvalue weighted by Crippen LogP contribution is 2.35. The fourth-order valence-electron chi connectivity index (χ4n) is 2.61. The summed E-state index contributed by atoms with van der Waals surface area (Å²) in [7, 11) is 0. The van der Waals surface area contributed by atoms with E-state index in [2.05, 4.69) is 10.2 Å². The zero-order valence-electron chi connectivity index (χ0n) is 13.2. The normalized spacial score (nSPS) is 16.5. The monoisotopic (exact) mass is 360 g/mol. The third-order valence-electron chi connectivity index (χ3n) is 3.90. The van der Waals surface area contributed by atoms with Crippen molar-refractivity contribution in [2.45, 2.75) is 25.4 Å². The number of benzene rings is 1. The molecule has 1 heterocycles. The van der Waals surface area contributed by atoms with Crippen LogP contribution in [0.25, 0.3) is 6.08 Å². The molecular formula is C17H20ClF3N2O. The van der Waals surface area contributed by atoms with Gasteiger partial charge >= 0.3 is 6.18 Å². The van der Waals surface area contributed by atoms with Gasteiger partial charge in [-0.25, -0.2) is 0 Å². The van der Waals surface area contributed by atoms with Crippen LogP contribution in [0, 0.1) is 0 Å². The molecule has 0 radical (unpaired) electrons. The van der Waals surface area contributed by atoms with E-state index in [4.69, 9.17) is 11.6 Å². The van der Waals surface area contributed by atoms with Crippen LogP contribution in [0.3, 0.4) is 0 Å². The number of carbonyl (C=O) groups excluding carboxylic acids is 1. The van der Waals surface area contributed by atoms with Crippen molar-refractivity contribution in [3.8, 4) is 0 Å². The Kier molecular flexibility index (Phi) is 6.69. The number of piperidine rings is 1. The van der Waals surface area contributed by atoms with E-state index in [0.29, 0.717) is 6.54 Å². The molecule has 1 aliphatic rings. The van der Waals surface area contributed by atoms with Crippen LogP contribution < -0.4 is 5.32 Å².